The van der Waals surface area contributed by atoms with Gasteiger partial charge in [0.2, 0.25) is 10.0 Å². The van der Waals surface area contributed by atoms with E-state index in [-0.39, 0.29) is 17.0 Å². The van der Waals surface area contributed by atoms with Crippen LogP contribution >= 0.6 is 0 Å². The van der Waals surface area contributed by atoms with Crippen molar-refractivity contribution in [2.24, 2.45) is 0 Å². The van der Waals surface area contributed by atoms with Gasteiger partial charge in [0, 0.05) is 6.07 Å². The third-order valence-electron chi connectivity index (χ3n) is 2.80. The predicted molar refractivity (Wildman–Crippen MR) is 81.5 cm³/mol. The summed E-state index contributed by atoms with van der Waals surface area (Å²) in [6, 6.07) is 12.1. The van der Waals surface area contributed by atoms with Crippen LogP contribution in [0.3, 0.4) is 0 Å². The molecule has 0 saturated carbocycles. The molecule has 0 amide bonds. The van der Waals surface area contributed by atoms with Crippen LogP contribution < -0.4 is 9.46 Å². The maximum atomic E-state index is 13.3. The Kier molecular flexibility index (Phi) is 5.15. The molecule has 0 atom stereocenters. The zero-order valence-electron chi connectivity index (χ0n) is 11.8. The van der Waals surface area contributed by atoms with E-state index in [2.05, 4.69) is 16.6 Å². The summed E-state index contributed by atoms with van der Waals surface area (Å²) >= 11 is 0. The lowest BCUT2D eigenvalue weighted by atomic mass is 10.2. The largest absolute Gasteiger partial charge is 0.497 e. The maximum Gasteiger partial charge on any atom is 0.241 e. The summed E-state index contributed by atoms with van der Waals surface area (Å²) in [6.07, 6.45) is 0. The molecule has 0 unspecified atom stereocenters. The zero-order valence-corrected chi connectivity index (χ0v) is 12.7. The Morgan fingerprint density at radius 1 is 1.18 bits per heavy atom. The normalized spacial score (nSPS) is 10.6. The molecule has 0 aliphatic carbocycles. The third kappa shape index (κ3) is 4.07. The fourth-order valence-electron chi connectivity index (χ4n) is 1.68. The van der Waals surface area contributed by atoms with Crippen molar-refractivity contribution in [1.29, 1.82) is 0 Å². The summed E-state index contributed by atoms with van der Waals surface area (Å²) in [5, 5.41) is 0. The quantitative estimate of drug-likeness (QED) is 0.879. The van der Waals surface area contributed by atoms with Gasteiger partial charge in [0.05, 0.1) is 24.1 Å². The monoisotopic (exact) mass is 319 g/mol. The molecule has 0 fully saturated rings. The molecule has 0 aliphatic rings. The molecule has 6 heteroatoms. The molecular weight excluding hydrogens is 305 g/mol. The van der Waals surface area contributed by atoms with Crippen LogP contribution in [0.15, 0.2) is 53.4 Å². The SMILES string of the molecule is COc1cccc(S(=O)(=O)NCC#Cc2ccccc2F)c1. The van der Waals surface area contributed by atoms with Crippen molar-refractivity contribution in [3.8, 4) is 17.6 Å². The summed E-state index contributed by atoms with van der Waals surface area (Å²) in [5.74, 6) is 5.17. The number of benzene rings is 2. The summed E-state index contributed by atoms with van der Waals surface area (Å²) < 4.78 is 44.8. The number of sulfonamides is 1. The Balaban J connectivity index is 2.06. The van der Waals surface area contributed by atoms with Gasteiger partial charge in [0.25, 0.3) is 0 Å². The fourth-order valence-corrected chi connectivity index (χ4v) is 2.64. The molecule has 114 valence electrons. The van der Waals surface area contributed by atoms with E-state index in [9.17, 15) is 12.8 Å². The minimum absolute atomic E-state index is 0.0829. The zero-order chi connectivity index (χ0) is 16.0. The molecule has 0 aliphatic heterocycles. The molecule has 0 saturated heterocycles. The van der Waals surface area contributed by atoms with Crippen LogP contribution in [0, 0.1) is 17.7 Å². The first-order chi connectivity index (χ1) is 10.5. The van der Waals surface area contributed by atoms with Gasteiger partial charge in [-0.15, -0.1) is 0 Å². The molecule has 0 bridgehead atoms. The van der Waals surface area contributed by atoms with Crippen LogP contribution in [0.1, 0.15) is 5.56 Å². The Morgan fingerprint density at radius 2 is 1.95 bits per heavy atom. The van der Waals surface area contributed by atoms with Crippen molar-refractivity contribution in [3.05, 3.63) is 59.9 Å². The third-order valence-corrected chi connectivity index (χ3v) is 4.20. The van der Waals surface area contributed by atoms with E-state index in [1.54, 1.807) is 24.3 Å². The van der Waals surface area contributed by atoms with E-state index in [4.69, 9.17) is 4.74 Å². The number of ether oxygens (including phenoxy) is 1. The maximum absolute atomic E-state index is 13.3. The molecule has 0 spiro atoms. The Hall–Kier alpha value is -2.36. The number of rotatable bonds is 4. The minimum atomic E-state index is -3.68. The highest BCUT2D eigenvalue weighted by atomic mass is 32.2. The predicted octanol–water partition coefficient (Wildman–Crippen LogP) is 2.16. The Bertz CT molecular complexity index is 823. The van der Waals surface area contributed by atoms with Crippen LogP contribution in [0.2, 0.25) is 0 Å². The van der Waals surface area contributed by atoms with E-state index in [0.29, 0.717) is 5.75 Å². The van der Waals surface area contributed by atoms with E-state index in [0.717, 1.165) is 0 Å². The van der Waals surface area contributed by atoms with Crippen LogP contribution in [-0.2, 0) is 10.0 Å². The molecule has 4 nitrogen and oxygen atoms in total. The molecule has 2 rings (SSSR count). The topological polar surface area (TPSA) is 55.4 Å². The highest BCUT2D eigenvalue weighted by Gasteiger charge is 2.13. The van der Waals surface area contributed by atoms with Gasteiger partial charge in [0.15, 0.2) is 0 Å². The summed E-state index contributed by atoms with van der Waals surface area (Å²) in [6.45, 7) is -0.117. The number of nitrogens with one attached hydrogen (secondary N) is 1. The molecule has 22 heavy (non-hydrogen) atoms. The fraction of sp³-hybridized carbons (Fsp3) is 0.125. The van der Waals surface area contributed by atoms with Crippen molar-refractivity contribution in [2.45, 2.75) is 4.90 Å². The first-order valence-corrected chi connectivity index (χ1v) is 7.88. The Labute approximate surface area is 129 Å². The number of methoxy groups -OCH3 is 1. The molecule has 0 radical (unpaired) electrons. The van der Waals surface area contributed by atoms with Crippen LogP contribution in [-0.4, -0.2) is 22.1 Å². The number of hydrogen-bond acceptors (Lipinski definition) is 3. The molecule has 0 heterocycles. The highest BCUT2D eigenvalue weighted by Crippen LogP contribution is 2.16. The highest BCUT2D eigenvalue weighted by molar-refractivity contribution is 7.89. The second-order valence-corrected chi connectivity index (χ2v) is 6.05. The van der Waals surface area contributed by atoms with Gasteiger partial charge in [-0.3, -0.25) is 0 Å². The molecular formula is C16H14FNO3S. The molecule has 1 N–H and O–H groups in total. The van der Waals surface area contributed by atoms with Crippen molar-refractivity contribution >= 4 is 10.0 Å². The van der Waals surface area contributed by atoms with Gasteiger partial charge in [-0.1, -0.05) is 30.0 Å². The van der Waals surface area contributed by atoms with E-state index < -0.39 is 15.8 Å². The number of hydrogen-bond donors (Lipinski definition) is 1. The first-order valence-electron chi connectivity index (χ1n) is 6.40. The number of halogens is 1. The summed E-state index contributed by atoms with van der Waals surface area (Å²) in [5.41, 5.74) is 0.225. The summed E-state index contributed by atoms with van der Waals surface area (Å²) in [4.78, 5) is 0.0829. The lowest BCUT2D eigenvalue weighted by molar-refractivity contribution is 0.413. The lowest BCUT2D eigenvalue weighted by Gasteiger charge is -2.05. The van der Waals surface area contributed by atoms with E-state index >= 15 is 0 Å². The minimum Gasteiger partial charge on any atom is -0.497 e. The van der Waals surface area contributed by atoms with Crippen molar-refractivity contribution < 1.29 is 17.5 Å². The molecule has 0 aromatic heterocycles. The van der Waals surface area contributed by atoms with Gasteiger partial charge < -0.3 is 4.74 Å². The second-order valence-electron chi connectivity index (χ2n) is 4.29. The van der Waals surface area contributed by atoms with Crippen LogP contribution in [0.25, 0.3) is 0 Å². The van der Waals surface area contributed by atoms with Crippen LogP contribution in [0.5, 0.6) is 5.75 Å². The van der Waals surface area contributed by atoms with Crippen molar-refractivity contribution in [2.75, 3.05) is 13.7 Å². The Morgan fingerprint density at radius 3 is 2.68 bits per heavy atom. The average Bonchev–Trinajstić information content (AvgIpc) is 2.53. The van der Waals surface area contributed by atoms with Gasteiger partial charge in [0.1, 0.15) is 11.6 Å². The van der Waals surface area contributed by atoms with E-state index in [1.165, 1.54) is 31.4 Å². The van der Waals surface area contributed by atoms with Gasteiger partial charge >= 0.3 is 0 Å². The smallest absolute Gasteiger partial charge is 0.241 e. The second kappa shape index (κ2) is 7.07. The summed E-state index contributed by atoms with van der Waals surface area (Å²) in [7, 11) is -2.23. The van der Waals surface area contributed by atoms with E-state index in [1.807, 2.05) is 0 Å². The lowest BCUT2D eigenvalue weighted by Crippen LogP contribution is -2.24. The first kappa shape index (κ1) is 16.0. The van der Waals surface area contributed by atoms with Crippen molar-refractivity contribution in [1.82, 2.24) is 4.72 Å². The van der Waals surface area contributed by atoms with Gasteiger partial charge in [-0.2, -0.15) is 4.72 Å². The van der Waals surface area contributed by atoms with Gasteiger partial charge in [-0.05, 0) is 24.3 Å². The molecule has 2 aromatic carbocycles. The standard InChI is InChI=1S/C16H14FNO3S/c1-21-14-8-4-9-15(12-14)22(19,20)18-11-5-7-13-6-2-3-10-16(13)17/h2-4,6,8-10,12,18H,11H2,1H3. The molecule has 2 aromatic rings. The van der Waals surface area contributed by atoms with Crippen molar-refractivity contribution in [3.63, 3.8) is 0 Å². The average molecular weight is 319 g/mol. The van der Waals surface area contributed by atoms with Gasteiger partial charge in [-0.25, -0.2) is 12.8 Å². The van der Waals surface area contributed by atoms with Crippen LogP contribution in [0.4, 0.5) is 4.39 Å².